The minimum Gasteiger partial charge on any atom is -0.444 e. The van der Waals surface area contributed by atoms with Gasteiger partial charge in [0.15, 0.2) is 0 Å². The van der Waals surface area contributed by atoms with Crippen molar-refractivity contribution in [2.24, 2.45) is 0 Å². The van der Waals surface area contributed by atoms with Gasteiger partial charge >= 0.3 is 6.09 Å². The topological polar surface area (TPSA) is 136 Å². The number of nitrogens with zero attached hydrogens (tertiary/aromatic N) is 2. The maximum atomic E-state index is 13.1. The molecule has 39 heavy (non-hydrogen) atoms. The number of oxazole rings is 1. The minimum atomic E-state index is -0.623. The van der Waals surface area contributed by atoms with Crippen molar-refractivity contribution in [3.05, 3.63) is 84.9 Å². The number of rotatable bonds is 10. The minimum absolute atomic E-state index is 0.0699. The summed E-state index contributed by atoms with van der Waals surface area (Å²) >= 11 is 12.2. The quantitative estimate of drug-likeness (QED) is 0.330. The van der Waals surface area contributed by atoms with Gasteiger partial charge in [-0.3, -0.25) is 9.59 Å². The summed E-state index contributed by atoms with van der Waals surface area (Å²) in [6, 6.07) is 6.95. The van der Waals surface area contributed by atoms with Crippen LogP contribution >= 0.6 is 23.2 Å². The third kappa shape index (κ3) is 8.84. The molecule has 0 atom stereocenters. The number of benzene rings is 1. The average Bonchev–Trinajstić information content (AvgIpc) is 3.22. The second-order valence-electron chi connectivity index (χ2n) is 9.93. The summed E-state index contributed by atoms with van der Waals surface area (Å²) in [6.07, 6.45) is 1.29. The van der Waals surface area contributed by atoms with Crippen LogP contribution in [0.1, 0.15) is 54.6 Å². The lowest BCUT2D eigenvalue weighted by molar-refractivity contribution is -0.120. The molecule has 0 bridgehead atoms. The van der Waals surface area contributed by atoms with Gasteiger partial charge in [-0.25, -0.2) is 9.78 Å². The smallest absolute Gasteiger partial charge is 0.407 e. The highest BCUT2D eigenvalue weighted by Crippen LogP contribution is 2.19. The third-order valence-electron chi connectivity index (χ3n) is 5.72. The number of carbonyl (C=O) groups is 2. The number of halogens is 2. The second-order valence-corrected chi connectivity index (χ2v) is 10.7. The number of aryl methyl sites for hydroxylation is 3. The van der Waals surface area contributed by atoms with Crippen LogP contribution in [0.5, 0.6) is 0 Å². The van der Waals surface area contributed by atoms with Crippen molar-refractivity contribution in [2.45, 2.75) is 72.4 Å². The number of pyridine rings is 1. The van der Waals surface area contributed by atoms with E-state index in [9.17, 15) is 14.4 Å². The summed E-state index contributed by atoms with van der Waals surface area (Å²) < 4.78 is 11.9. The molecule has 2 aromatic heterocycles. The molecule has 2 heterocycles. The van der Waals surface area contributed by atoms with Crippen molar-refractivity contribution < 1.29 is 23.8 Å². The molecule has 0 saturated heterocycles. The maximum absolute atomic E-state index is 13.1. The molecule has 10 nitrogen and oxygen atoms in total. The summed E-state index contributed by atoms with van der Waals surface area (Å²) in [6.45, 7) is 7.34. The van der Waals surface area contributed by atoms with Crippen LogP contribution in [0.3, 0.4) is 0 Å². The van der Waals surface area contributed by atoms with Crippen molar-refractivity contribution in [3.63, 3.8) is 0 Å². The predicted octanol–water partition coefficient (Wildman–Crippen LogP) is 4.07. The molecular formula is C27H32Cl2N4O6. The van der Waals surface area contributed by atoms with Gasteiger partial charge in [0.05, 0.1) is 6.42 Å². The zero-order chi connectivity index (χ0) is 28.7. The van der Waals surface area contributed by atoms with E-state index >= 15 is 0 Å². The fraction of sp³-hybridized carbons (Fsp3) is 0.407. The Morgan fingerprint density at radius 3 is 2.51 bits per heavy atom. The van der Waals surface area contributed by atoms with Crippen molar-refractivity contribution in [2.75, 3.05) is 0 Å². The zero-order valence-electron chi connectivity index (χ0n) is 22.3. The average molecular weight is 579 g/mol. The predicted molar refractivity (Wildman–Crippen MR) is 147 cm³/mol. The monoisotopic (exact) mass is 578 g/mol. The second kappa shape index (κ2) is 13.1. The van der Waals surface area contributed by atoms with E-state index in [1.807, 2.05) is 0 Å². The fourth-order valence-corrected chi connectivity index (χ4v) is 4.18. The van der Waals surface area contributed by atoms with Gasteiger partial charge in [-0.1, -0.05) is 17.7 Å². The third-order valence-corrected chi connectivity index (χ3v) is 6.25. The number of aliphatic hydroxyl groups is 1. The normalized spacial score (nSPS) is 11.4. The number of nitrogens with one attached hydrogen (secondary N) is 2. The molecule has 0 unspecified atom stereocenters. The van der Waals surface area contributed by atoms with E-state index in [0.29, 0.717) is 28.3 Å². The first-order valence-corrected chi connectivity index (χ1v) is 13.1. The number of hydrogen-bond donors (Lipinski definition) is 3. The van der Waals surface area contributed by atoms with Crippen molar-refractivity contribution in [1.29, 1.82) is 0 Å². The Balaban J connectivity index is 1.64. The molecule has 2 amide bonds. The van der Waals surface area contributed by atoms with Gasteiger partial charge < -0.3 is 29.5 Å². The summed E-state index contributed by atoms with van der Waals surface area (Å²) in [7, 11) is 0. The first-order valence-electron chi connectivity index (χ1n) is 12.3. The van der Waals surface area contributed by atoms with Crippen molar-refractivity contribution in [3.8, 4) is 0 Å². The van der Waals surface area contributed by atoms with Crippen molar-refractivity contribution >= 4 is 35.2 Å². The van der Waals surface area contributed by atoms with Crippen LogP contribution in [0, 0.1) is 6.92 Å². The van der Waals surface area contributed by atoms with Crippen LogP contribution in [0.15, 0.2) is 39.7 Å². The highest BCUT2D eigenvalue weighted by Gasteiger charge is 2.17. The van der Waals surface area contributed by atoms with Crippen LogP contribution in [0.2, 0.25) is 10.2 Å². The molecule has 12 heteroatoms. The molecule has 0 saturated carbocycles. The highest BCUT2D eigenvalue weighted by atomic mass is 35.5. The number of aromatic nitrogens is 2. The molecule has 0 aliphatic heterocycles. The van der Waals surface area contributed by atoms with E-state index in [0.717, 1.165) is 11.1 Å². The highest BCUT2D eigenvalue weighted by molar-refractivity contribution is 6.30. The first-order chi connectivity index (χ1) is 18.4. The molecule has 3 rings (SSSR count). The Morgan fingerprint density at radius 2 is 1.85 bits per heavy atom. The molecule has 0 fully saturated rings. The fourth-order valence-electron chi connectivity index (χ4n) is 3.76. The summed E-state index contributed by atoms with van der Waals surface area (Å²) in [5, 5.41) is 15.2. The van der Waals surface area contributed by atoms with E-state index in [1.54, 1.807) is 58.2 Å². The number of ether oxygens (including phenoxy) is 1. The number of hydrogen-bond acceptors (Lipinski definition) is 7. The standard InChI is InChI=1S/C27H32Cl2N4O6/c1-16-7-9-33(10-8-21-24(29)38-23(15-34)32-21)25(36)20(16)12-22(35)30-14-18-11-19(28)6-5-17(18)13-31-26(37)39-27(2,3)4/h5-7,9,11,34H,8,10,12-15H2,1-4H3,(H,30,35)(H,31,37). The summed E-state index contributed by atoms with van der Waals surface area (Å²) in [5.41, 5.74) is 2.07. The molecule has 3 aromatic rings. The Morgan fingerprint density at radius 1 is 1.13 bits per heavy atom. The van der Waals surface area contributed by atoms with E-state index < -0.39 is 11.7 Å². The van der Waals surface area contributed by atoms with Crippen LogP contribution < -0.4 is 16.2 Å². The van der Waals surface area contributed by atoms with Gasteiger partial charge in [-0.2, -0.15) is 0 Å². The Labute approximate surface area is 236 Å². The number of carbonyl (C=O) groups excluding carboxylic acids is 2. The molecule has 3 N–H and O–H groups in total. The molecule has 0 spiro atoms. The number of alkyl carbamates (subject to hydrolysis) is 1. The summed E-state index contributed by atoms with van der Waals surface area (Å²) in [5.74, 6) is -0.238. The molecule has 0 radical (unpaired) electrons. The molecule has 0 aliphatic carbocycles. The lowest BCUT2D eigenvalue weighted by atomic mass is 10.1. The van der Waals surface area contributed by atoms with E-state index in [1.165, 1.54) is 4.57 Å². The lowest BCUT2D eigenvalue weighted by Crippen LogP contribution is -2.33. The van der Waals surface area contributed by atoms with Gasteiger partial charge in [0, 0.05) is 42.8 Å². The molecule has 210 valence electrons. The molecular weight excluding hydrogens is 547 g/mol. The molecule has 0 aliphatic rings. The van der Waals surface area contributed by atoms with Crippen LogP contribution in [-0.4, -0.2) is 32.3 Å². The van der Waals surface area contributed by atoms with Gasteiger partial charge in [-0.05, 0) is 74.2 Å². The van der Waals surface area contributed by atoms with Crippen LogP contribution in [-0.2, 0) is 48.6 Å². The first kappa shape index (κ1) is 30.2. The lowest BCUT2D eigenvalue weighted by Gasteiger charge is -2.20. The van der Waals surface area contributed by atoms with Gasteiger partial charge in [0.1, 0.15) is 17.9 Å². The van der Waals surface area contributed by atoms with Crippen LogP contribution in [0.25, 0.3) is 0 Å². The van der Waals surface area contributed by atoms with Gasteiger partial charge in [0.2, 0.25) is 17.0 Å². The van der Waals surface area contributed by atoms with Gasteiger partial charge in [0.25, 0.3) is 5.56 Å². The number of aliphatic hydroxyl groups excluding tert-OH is 1. The van der Waals surface area contributed by atoms with E-state index in [2.05, 4.69) is 15.6 Å². The van der Waals surface area contributed by atoms with E-state index in [-0.39, 0.29) is 55.2 Å². The Hall–Kier alpha value is -3.34. The SMILES string of the molecule is Cc1ccn(CCc2nc(CO)oc2Cl)c(=O)c1CC(=O)NCc1cc(Cl)ccc1CNC(=O)OC(C)(C)C. The zero-order valence-corrected chi connectivity index (χ0v) is 23.8. The molecule has 1 aromatic carbocycles. The Bertz CT molecular complexity index is 1390. The summed E-state index contributed by atoms with van der Waals surface area (Å²) in [4.78, 5) is 42.1. The number of amides is 2. The maximum Gasteiger partial charge on any atom is 0.407 e. The Kier molecular flexibility index (Phi) is 10.2. The van der Waals surface area contributed by atoms with E-state index in [4.69, 9.17) is 37.5 Å². The largest absolute Gasteiger partial charge is 0.444 e. The van der Waals surface area contributed by atoms with Gasteiger partial charge in [-0.15, -0.1) is 0 Å². The van der Waals surface area contributed by atoms with Crippen molar-refractivity contribution in [1.82, 2.24) is 20.2 Å². The van der Waals surface area contributed by atoms with Crippen LogP contribution in [0.4, 0.5) is 4.79 Å².